The molecule has 4 nitrogen and oxygen atoms in total. The van der Waals surface area contributed by atoms with E-state index < -0.39 is 6.17 Å². The van der Waals surface area contributed by atoms with E-state index in [2.05, 4.69) is 0 Å². The van der Waals surface area contributed by atoms with Gasteiger partial charge in [0.05, 0.1) is 11.9 Å². The molecule has 3 aromatic rings. The molecule has 0 bridgehead atoms. The molecular formula is C20H18F2N2O2S. The maximum atomic E-state index is 13.6. The number of halogens is 2. The van der Waals surface area contributed by atoms with E-state index in [0.717, 1.165) is 15.8 Å². The minimum absolute atomic E-state index is 0.0917. The van der Waals surface area contributed by atoms with Gasteiger partial charge in [0.15, 0.2) is 0 Å². The van der Waals surface area contributed by atoms with E-state index in [4.69, 9.17) is 0 Å². The molecule has 1 atom stereocenters. The summed E-state index contributed by atoms with van der Waals surface area (Å²) >= 11 is 1.43. The number of alkyl halides is 1. The van der Waals surface area contributed by atoms with E-state index in [9.17, 15) is 18.4 Å². The molecule has 0 N–H and O–H groups in total. The topological polar surface area (TPSA) is 42.3 Å². The molecule has 3 heterocycles. The Bertz CT molecular complexity index is 1090. The molecule has 7 heteroatoms. The molecule has 1 saturated heterocycles. The van der Waals surface area contributed by atoms with Gasteiger partial charge in [-0.05, 0) is 42.7 Å². The summed E-state index contributed by atoms with van der Waals surface area (Å²) < 4.78 is 29.1. The van der Waals surface area contributed by atoms with Crippen molar-refractivity contribution in [3.05, 3.63) is 57.6 Å². The lowest BCUT2D eigenvalue weighted by atomic mass is 10.0. The standard InChI is InChI=1S/C20H18F2N2O2S/c1-12-8-13(2-3-16(12)22)15-11-27-17-5-7-24(20(26)19(15)17)10-18(25)23-6-4-14(21)9-23/h2-3,5,7-8,11,14H,4,6,9-10H2,1H3/t14-/m1/s1. The second-order valence-electron chi connectivity index (χ2n) is 6.83. The van der Waals surface area contributed by atoms with Crippen molar-refractivity contribution >= 4 is 27.3 Å². The molecule has 1 fully saturated rings. The van der Waals surface area contributed by atoms with Crippen molar-refractivity contribution in [2.24, 2.45) is 0 Å². The number of carbonyl (C=O) groups excluding carboxylic acids is 1. The van der Waals surface area contributed by atoms with Crippen molar-refractivity contribution in [1.82, 2.24) is 9.47 Å². The maximum absolute atomic E-state index is 13.6. The Balaban J connectivity index is 1.72. The van der Waals surface area contributed by atoms with Crippen LogP contribution in [-0.2, 0) is 11.3 Å². The summed E-state index contributed by atoms with van der Waals surface area (Å²) in [5, 5.41) is 2.39. The van der Waals surface area contributed by atoms with Gasteiger partial charge in [-0.2, -0.15) is 0 Å². The first-order valence-electron chi connectivity index (χ1n) is 8.73. The van der Waals surface area contributed by atoms with E-state index in [1.165, 1.54) is 26.9 Å². The first-order chi connectivity index (χ1) is 12.9. The van der Waals surface area contributed by atoms with Crippen molar-refractivity contribution in [2.45, 2.75) is 26.1 Å². The van der Waals surface area contributed by atoms with Crippen LogP contribution in [0.5, 0.6) is 0 Å². The molecule has 0 spiro atoms. The SMILES string of the molecule is Cc1cc(-c2csc3ccn(CC(=O)N4CC[C@@H](F)C4)c(=O)c23)ccc1F. The number of aromatic nitrogens is 1. The molecule has 2 aromatic heterocycles. The van der Waals surface area contributed by atoms with E-state index in [-0.39, 0.29) is 30.4 Å². The molecule has 4 rings (SSSR count). The number of rotatable bonds is 3. The average Bonchev–Trinajstić information content (AvgIpc) is 3.26. The third-order valence-electron chi connectivity index (χ3n) is 4.96. The maximum Gasteiger partial charge on any atom is 0.260 e. The number of likely N-dealkylation sites (tertiary alicyclic amines) is 1. The quantitative estimate of drug-likeness (QED) is 0.686. The van der Waals surface area contributed by atoms with Gasteiger partial charge in [-0.15, -0.1) is 11.3 Å². The molecule has 1 amide bonds. The van der Waals surface area contributed by atoms with Crippen molar-refractivity contribution in [3.63, 3.8) is 0 Å². The number of nitrogens with zero attached hydrogens (tertiary/aromatic N) is 2. The lowest BCUT2D eigenvalue weighted by Gasteiger charge is -2.16. The average molecular weight is 388 g/mol. The number of aryl methyl sites for hydroxylation is 1. The van der Waals surface area contributed by atoms with Crippen molar-refractivity contribution in [1.29, 1.82) is 0 Å². The van der Waals surface area contributed by atoms with Crippen LogP contribution in [0, 0.1) is 12.7 Å². The molecule has 140 valence electrons. The van der Waals surface area contributed by atoms with Gasteiger partial charge < -0.3 is 9.47 Å². The minimum atomic E-state index is -0.988. The van der Waals surface area contributed by atoms with Gasteiger partial charge in [0.1, 0.15) is 18.5 Å². The Morgan fingerprint density at radius 3 is 2.85 bits per heavy atom. The largest absolute Gasteiger partial charge is 0.338 e. The molecule has 1 aromatic carbocycles. The van der Waals surface area contributed by atoms with E-state index in [1.807, 2.05) is 5.38 Å². The van der Waals surface area contributed by atoms with Gasteiger partial charge in [0, 0.05) is 28.4 Å². The first kappa shape index (κ1) is 17.9. The van der Waals surface area contributed by atoms with Gasteiger partial charge in [-0.3, -0.25) is 9.59 Å². The lowest BCUT2D eigenvalue weighted by Crippen LogP contribution is -2.35. The van der Waals surface area contributed by atoms with Crippen molar-refractivity contribution in [3.8, 4) is 11.1 Å². The number of fused-ring (bicyclic) bond motifs is 1. The molecule has 0 saturated carbocycles. The Morgan fingerprint density at radius 2 is 2.15 bits per heavy atom. The fraction of sp³-hybridized carbons (Fsp3) is 0.300. The van der Waals surface area contributed by atoms with E-state index in [1.54, 1.807) is 31.3 Å². The summed E-state index contributed by atoms with van der Waals surface area (Å²) in [6, 6.07) is 6.55. The zero-order valence-electron chi connectivity index (χ0n) is 14.7. The monoisotopic (exact) mass is 388 g/mol. The molecule has 1 aliphatic heterocycles. The zero-order chi connectivity index (χ0) is 19.1. The number of hydrogen-bond donors (Lipinski definition) is 0. The van der Waals surface area contributed by atoms with Crippen LogP contribution in [0.3, 0.4) is 0 Å². The molecule has 27 heavy (non-hydrogen) atoms. The highest BCUT2D eigenvalue weighted by molar-refractivity contribution is 7.17. The van der Waals surface area contributed by atoms with Gasteiger partial charge in [-0.25, -0.2) is 8.78 Å². The van der Waals surface area contributed by atoms with Crippen molar-refractivity contribution < 1.29 is 13.6 Å². The summed E-state index contributed by atoms with van der Waals surface area (Å²) in [7, 11) is 0. The number of pyridine rings is 1. The van der Waals surface area contributed by atoms with Crippen LogP contribution >= 0.6 is 11.3 Å². The summed E-state index contributed by atoms with van der Waals surface area (Å²) in [6.45, 7) is 2.04. The third kappa shape index (κ3) is 3.27. The lowest BCUT2D eigenvalue weighted by molar-refractivity contribution is -0.131. The Labute approximate surface area is 158 Å². The fourth-order valence-corrected chi connectivity index (χ4v) is 4.38. The van der Waals surface area contributed by atoms with Gasteiger partial charge in [-0.1, -0.05) is 6.07 Å². The molecule has 0 aliphatic carbocycles. The molecule has 0 unspecified atom stereocenters. The highest BCUT2D eigenvalue weighted by atomic mass is 32.1. The van der Waals surface area contributed by atoms with E-state index >= 15 is 0 Å². The predicted octanol–water partition coefficient (Wildman–Crippen LogP) is 3.75. The van der Waals surface area contributed by atoms with Crippen LogP contribution in [0.2, 0.25) is 0 Å². The zero-order valence-corrected chi connectivity index (χ0v) is 15.6. The number of hydrogen-bond acceptors (Lipinski definition) is 3. The molecule has 1 aliphatic rings. The van der Waals surface area contributed by atoms with Crippen molar-refractivity contribution in [2.75, 3.05) is 13.1 Å². The molecular weight excluding hydrogens is 370 g/mol. The van der Waals surface area contributed by atoms with Crippen LogP contribution in [0.1, 0.15) is 12.0 Å². The Hall–Kier alpha value is -2.54. The van der Waals surface area contributed by atoms with Crippen LogP contribution in [0.15, 0.2) is 40.6 Å². The second kappa shape index (κ2) is 6.88. The van der Waals surface area contributed by atoms with Crippen LogP contribution in [0.25, 0.3) is 21.2 Å². The second-order valence-corrected chi connectivity index (χ2v) is 7.74. The highest BCUT2D eigenvalue weighted by Crippen LogP contribution is 2.32. The van der Waals surface area contributed by atoms with E-state index in [0.29, 0.717) is 23.9 Å². The van der Waals surface area contributed by atoms with Crippen LogP contribution < -0.4 is 5.56 Å². The summed E-state index contributed by atoms with van der Waals surface area (Å²) in [5.74, 6) is -0.552. The van der Waals surface area contributed by atoms with Gasteiger partial charge >= 0.3 is 0 Å². The number of thiophene rings is 1. The van der Waals surface area contributed by atoms with Crippen LogP contribution in [-0.4, -0.2) is 34.6 Å². The van der Waals surface area contributed by atoms with Gasteiger partial charge in [0.2, 0.25) is 5.91 Å². The summed E-state index contributed by atoms with van der Waals surface area (Å²) in [5.41, 5.74) is 1.74. The molecule has 0 radical (unpaired) electrons. The number of carbonyl (C=O) groups is 1. The predicted molar refractivity (Wildman–Crippen MR) is 102 cm³/mol. The Kier molecular flexibility index (Phi) is 4.55. The Morgan fingerprint density at radius 1 is 1.33 bits per heavy atom. The normalized spacial score (nSPS) is 17.0. The van der Waals surface area contributed by atoms with Crippen LogP contribution in [0.4, 0.5) is 8.78 Å². The number of amides is 1. The highest BCUT2D eigenvalue weighted by Gasteiger charge is 2.26. The summed E-state index contributed by atoms with van der Waals surface area (Å²) in [4.78, 5) is 26.8. The van der Waals surface area contributed by atoms with Gasteiger partial charge in [0.25, 0.3) is 5.56 Å². The fourth-order valence-electron chi connectivity index (χ4n) is 3.42. The smallest absolute Gasteiger partial charge is 0.260 e. The third-order valence-corrected chi connectivity index (χ3v) is 5.91. The first-order valence-corrected chi connectivity index (χ1v) is 9.61. The summed E-state index contributed by atoms with van der Waals surface area (Å²) in [6.07, 6.45) is 0.957. The number of benzene rings is 1. The minimum Gasteiger partial charge on any atom is -0.338 e.